The lowest BCUT2D eigenvalue weighted by molar-refractivity contribution is 0.504. The molecule has 1 atom stereocenters. The van der Waals surface area contributed by atoms with Crippen LogP contribution in [0.4, 0.5) is 4.39 Å². The van der Waals surface area contributed by atoms with Crippen molar-refractivity contribution < 1.29 is 4.39 Å². The Kier molecular flexibility index (Phi) is 3.94. The molecule has 0 saturated carbocycles. The molecular formula is C12H16F. The van der Waals surface area contributed by atoms with Gasteiger partial charge in [0, 0.05) is 6.07 Å². The fourth-order valence-electron chi connectivity index (χ4n) is 1.58. The molecule has 0 heterocycles. The number of benzene rings is 1. The van der Waals surface area contributed by atoms with Gasteiger partial charge in [0.2, 0.25) is 0 Å². The van der Waals surface area contributed by atoms with E-state index in [9.17, 15) is 4.39 Å². The van der Waals surface area contributed by atoms with Gasteiger partial charge in [-0.2, -0.15) is 0 Å². The van der Waals surface area contributed by atoms with Crippen LogP contribution in [0.15, 0.2) is 18.2 Å². The van der Waals surface area contributed by atoms with E-state index in [1.165, 1.54) is 6.42 Å². The molecule has 0 nitrogen and oxygen atoms in total. The lowest BCUT2D eigenvalue weighted by Crippen LogP contribution is -2.01. The summed E-state index contributed by atoms with van der Waals surface area (Å²) in [6, 6.07) is 7.88. The molecule has 71 valence electrons. The van der Waals surface area contributed by atoms with Crippen molar-refractivity contribution in [3.8, 4) is 0 Å². The zero-order chi connectivity index (χ0) is 9.68. The molecule has 1 aromatic carbocycles. The van der Waals surface area contributed by atoms with Gasteiger partial charge in [-0.1, -0.05) is 44.9 Å². The van der Waals surface area contributed by atoms with Gasteiger partial charge < -0.3 is 0 Å². The summed E-state index contributed by atoms with van der Waals surface area (Å²) >= 11 is 0. The van der Waals surface area contributed by atoms with Crippen LogP contribution in [0, 0.1) is 17.8 Å². The second-order valence-corrected chi connectivity index (χ2v) is 3.61. The number of rotatable bonds is 4. The number of hydrogen-bond acceptors (Lipinski definition) is 0. The van der Waals surface area contributed by atoms with E-state index < -0.39 is 0 Å². The number of halogens is 1. The van der Waals surface area contributed by atoms with Crippen LogP contribution >= 0.6 is 0 Å². The maximum Gasteiger partial charge on any atom is 0.134 e. The Morgan fingerprint density at radius 2 is 2.31 bits per heavy atom. The normalized spacial score (nSPS) is 12.8. The van der Waals surface area contributed by atoms with E-state index in [1.807, 2.05) is 12.1 Å². The average Bonchev–Trinajstić information content (AvgIpc) is 2.09. The van der Waals surface area contributed by atoms with Crippen LogP contribution in [0.3, 0.4) is 0 Å². The zero-order valence-electron chi connectivity index (χ0n) is 8.31. The average molecular weight is 179 g/mol. The Labute approximate surface area is 79.8 Å². The van der Waals surface area contributed by atoms with Gasteiger partial charge in [-0.15, -0.1) is 0 Å². The van der Waals surface area contributed by atoms with Crippen LogP contribution in [0.2, 0.25) is 0 Å². The summed E-state index contributed by atoms with van der Waals surface area (Å²) in [5.74, 6) is 0.376. The number of hydrogen-bond donors (Lipinski definition) is 0. The Morgan fingerprint density at radius 1 is 1.54 bits per heavy atom. The molecule has 0 bridgehead atoms. The molecule has 13 heavy (non-hydrogen) atoms. The Morgan fingerprint density at radius 3 is 2.92 bits per heavy atom. The monoisotopic (exact) mass is 179 g/mol. The molecule has 0 aliphatic carbocycles. The molecular weight excluding hydrogens is 163 g/mol. The topological polar surface area (TPSA) is 0 Å². The van der Waals surface area contributed by atoms with Gasteiger partial charge in [-0.25, -0.2) is 4.39 Å². The van der Waals surface area contributed by atoms with Gasteiger partial charge in [0.15, 0.2) is 0 Å². The van der Waals surface area contributed by atoms with Crippen LogP contribution < -0.4 is 0 Å². The summed E-state index contributed by atoms with van der Waals surface area (Å²) in [6.45, 7) is 4.32. The van der Waals surface area contributed by atoms with E-state index in [2.05, 4.69) is 19.9 Å². The van der Waals surface area contributed by atoms with Crippen molar-refractivity contribution >= 4 is 0 Å². The van der Waals surface area contributed by atoms with E-state index in [0.29, 0.717) is 5.92 Å². The van der Waals surface area contributed by atoms with E-state index in [4.69, 9.17) is 0 Å². The molecule has 1 rings (SSSR count). The maximum atomic E-state index is 13.1. The van der Waals surface area contributed by atoms with Crippen LogP contribution in [0.1, 0.15) is 32.3 Å². The van der Waals surface area contributed by atoms with Gasteiger partial charge >= 0.3 is 0 Å². The van der Waals surface area contributed by atoms with E-state index in [-0.39, 0.29) is 5.82 Å². The quantitative estimate of drug-likeness (QED) is 0.662. The smallest absolute Gasteiger partial charge is 0.134 e. The molecule has 0 saturated heterocycles. The molecule has 0 spiro atoms. The van der Waals surface area contributed by atoms with Crippen molar-refractivity contribution in [2.75, 3.05) is 0 Å². The summed E-state index contributed by atoms with van der Waals surface area (Å²) in [4.78, 5) is 0. The second kappa shape index (κ2) is 5.00. The van der Waals surface area contributed by atoms with Gasteiger partial charge in [0.1, 0.15) is 5.82 Å². The van der Waals surface area contributed by atoms with Gasteiger partial charge in [-0.05, 0) is 17.9 Å². The second-order valence-electron chi connectivity index (χ2n) is 3.61. The molecule has 0 aromatic heterocycles. The highest BCUT2D eigenvalue weighted by molar-refractivity contribution is 5.16. The maximum absolute atomic E-state index is 13.1. The first kappa shape index (κ1) is 10.2. The third kappa shape index (κ3) is 3.17. The van der Waals surface area contributed by atoms with Crippen molar-refractivity contribution in [2.24, 2.45) is 5.92 Å². The van der Waals surface area contributed by atoms with Gasteiger partial charge in [0.25, 0.3) is 0 Å². The van der Waals surface area contributed by atoms with E-state index in [0.717, 1.165) is 18.4 Å². The van der Waals surface area contributed by atoms with Gasteiger partial charge in [-0.3, -0.25) is 0 Å². The highest BCUT2D eigenvalue weighted by Crippen LogP contribution is 2.15. The van der Waals surface area contributed by atoms with Crippen LogP contribution in [0.5, 0.6) is 0 Å². The molecule has 1 heteroatoms. The van der Waals surface area contributed by atoms with Crippen LogP contribution in [0.25, 0.3) is 0 Å². The van der Waals surface area contributed by atoms with Crippen molar-refractivity contribution in [1.29, 1.82) is 0 Å². The minimum Gasteiger partial charge on any atom is -0.206 e. The van der Waals surface area contributed by atoms with Crippen molar-refractivity contribution in [2.45, 2.75) is 33.1 Å². The Balaban J connectivity index is 2.58. The minimum absolute atomic E-state index is 0.189. The summed E-state index contributed by atoms with van der Waals surface area (Å²) < 4.78 is 13.1. The van der Waals surface area contributed by atoms with Gasteiger partial charge in [0.05, 0.1) is 0 Å². The SMILES string of the molecule is CCCC(C)Cc1ccc[c]c1F. The lowest BCUT2D eigenvalue weighted by Gasteiger charge is -2.09. The predicted octanol–water partition coefficient (Wildman–Crippen LogP) is 3.60. The zero-order valence-corrected chi connectivity index (χ0v) is 8.31. The van der Waals surface area contributed by atoms with Crippen LogP contribution in [-0.4, -0.2) is 0 Å². The first-order valence-corrected chi connectivity index (χ1v) is 4.89. The molecule has 0 fully saturated rings. The van der Waals surface area contributed by atoms with Crippen molar-refractivity contribution in [1.82, 2.24) is 0 Å². The summed E-state index contributed by atoms with van der Waals surface area (Å²) in [5.41, 5.74) is 0.795. The molecule has 1 aromatic rings. The highest BCUT2D eigenvalue weighted by Gasteiger charge is 2.06. The van der Waals surface area contributed by atoms with Crippen molar-refractivity contribution in [3.63, 3.8) is 0 Å². The fraction of sp³-hybridized carbons (Fsp3) is 0.500. The minimum atomic E-state index is -0.189. The summed E-state index contributed by atoms with van der Waals surface area (Å²) in [7, 11) is 0. The first-order chi connectivity index (χ1) is 6.24. The standard InChI is InChI=1S/C12H16F/c1-3-6-10(2)9-11-7-4-5-8-12(11)13/h4-5,7,10H,3,6,9H2,1-2H3. The molecule has 0 amide bonds. The summed E-state index contributed by atoms with van der Waals surface area (Å²) in [5, 5.41) is 0. The summed E-state index contributed by atoms with van der Waals surface area (Å²) in [6.07, 6.45) is 3.16. The third-order valence-corrected chi connectivity index (χ3v) is 2.24. The molecule has 1 radical (unpaired) electrons. The molecule has 0 N–H and O–H groups in total. The van der Waals surface area contributed by atoms with E-state index in [1.54, 1.807) is 6.07 Å². The molecule has 1 unspecified atom stereocenters. The Bertz CT molecular complexity index is 255. The predicted molar refractivity (Wildman–Crippen MR) is 53.0 cm³/mol. The Hall–Kier alpha value is -0.850. The third-order valence-electron chi connectivity index (χ3n) is 2.24. The first-order valence-electron chi connectivity index (χ1n) is 4.89. The van der Waals surface area contributed by atoms with E-state index >= 15 is 0 Å². The highest BCUT2D eigenvalue weighted by atomic mass is 19.1. The molecule has 0 aliphatic rings. The van der Waals surface area contributed by atoms with Crippen molar-refractivity contribution in [3.05, 3.63) is 35.6 Å². The molecule has 0 aliphatic heterocycles. The largest absolute Gasteiger partial charge is 0.206 e. The fourth-order valence-corrected chi connectivity index (χ4v) is 1.58. The van der Waals surface area contributed by atoms with Crippen LogP contribution in [-0.2, 0) is 6.42 Å². The lowest BCUT2D eigenvalue weighted by atomic mass is 9.97.